The fraction of sp³-hybridized carbons (Fsp3) is 0.250. The minimum Gasteiger partial charge on any atom is -0.399 e. The second-order valence-electron chi connectivity index (χ2n) is 4.54. The summed E-state index contributed by atoms with van der Waals surface area (Å²) in [5.74, 6) is 0. The van der Waals surface area contributed by atoms with Gasteiger partial charge in [0.05, 0.1) is 4.90 Å². The van der Waals surface area contributed by atoms with Crippen LogP contribution in [0.3, 0.4) is 0 Å². The van der Waals surface area contributed by atoms with Gasteiger partial charge in [-0.3, -0.25) is 0 Å². The first-order valence-corrected chi connectivity index (χ1v) is 9.05. The van der Waals surface area contributed by atoms with Crippen LogP contribution in [0, 0.1) is 0 Å². The zero-order chi connectivity index (χ0) is 15.9. The third kappa shape index (κ3) is 6.19. The van der Waals surface area contributed by atoms with Gasteiger partial charge in [0.15, 0.2) is 0 Å². The summed E-state index contributed by atoms with van der Waals surface area (Å²) in [7, 11) is 1.60. The second-order valence-corrected chi connectivity index (χ2v) is 7.10. The molecular weight excluding hydrogens is 306 g/mol. The van der Waals surface area contributed by atoms with Crippen LogP contribution in [0.4, 0.5) is 5.69 Å². The first kappa shape index (κ1) is 17.5. The van der Waals surface area contributed by atoms with Crippen LogP contribution in [0.2, 0.25) is 0 Å². The molecule has 3 nitrogen and oxygen atoms in total. The van der Waals surface area contributed by atoms with Crippen molar-refractivity contribution in [3.05, 3.63) is 59.7 Å². The number of halogens is 1. The van der Waals surface area contributed by atoms with Gasteiger partial charge in [0, 0.05) is 16.4 Å². The van der Waals surface area contributed by atoms with Crippen molar-refractivity contribution in [3.63, 3.8) is 0 Å². The number of rotatable bonds is 3. The van der Waals surface area contributed by atoms with Crippen LogP contribution in [-0.2, 0) is 21.9 Å². The molecule has 0 aliphatic carbocycles. The Bertz CT molecular complexity index is 684. The summed E-state index contributed by atoms with van der Waals surface area (Å²) in [6.45, 7) is 4.08. The molecule has 0 aliphatic rings. The van der Waals surface area contributed by atoms with E-state index in [0.29, 0.717) is 0 Å². The van der Waals surface area contributed by atoms with Gasteiger partial charge in [-0.25, -0.2) is 8.42 Å². The maximum absolute atomic E-state index is 10.9. The van der Waals surface area contributed by atoms with E-state index in [-0.39, 0.29) is 4.90 Å². The Balaban J connectivity index is 0.000000219. The number of benzene rings is 2. The molecular formula is C16H20ClNO2S. The van der Waals surface area contributed by atoms with Crippen molar-refractivity contribution >= 4 is 25.4 Å². The van der Waals surface area contributed by atoms with Gasteiger partial charge >= 0.3 is 0 Å². The van der Waals surface area contributed by atoms with Crippen LogP contribution < -0.4 is 5.73 Å². The molecule has 114 valence electrons. The molecule has 0 fully saturated rings. The van der Waals surface area contributed by atoms with E-state index in [0.717, 1.165) is 24.1 Å². The van der Waals surface area contributed by atoms with Crippen LogP contribution in [0.15, 0.2) is 53.4 Å². The normalized spacial score (nSPS) is 10.6. The molecule has 2 aromatic rings. The van der Waals surface area contributed by atoms with Gasteiger partial charge in [0.25, 0.3) is 9.05 Å². The molecule has 2 rings (SSSR count). The van der Waals surface area contributed by atoms with Crippen LogP contribution in [0.5, 0.6) is 0 Å². The van der Waals surface area contributed by atoms with Crippen molar-refractivity contribution in [2.24, 2.45) is 0 Å². The summed E-state index contributed by atoms with van der Waals surface area (Å²) in [4.78, 5) is 0.170. The fourth-order valence-corrected chi connectivity index (χ4v) is 2.55. The summed E-state index contributed by atoms with van der Waals surface area (Å²) in [5.41, 5.74) is 8.66. The number of aryl methyl sites for hydroxylation is 2. The average Bonchev–Trinajstić information content (AvgIpc) is 2.47. The predicted octanol–water partition coefficient (Wildman–Crippen LogP) is 4.01. The Labute approximate surface area is 131 Å². The number of nitrogen functional groups attached to an aromatic ring is 1. The third-order valence-corrected chi connectivity index (χ3v) is 4.30. The van der Waals surface area contributed by atoms with Gasteiger partial charge in [-0.15, -0.1) is 0 Å². The van der Waals surface area contributed by atoms with E-state index in [4.69, 9.17) is 16.4 Å². The van der Waals surface area contributed by atoms with Crippen LogP contribution >= 0.6 is 10.7 Å². The highest BCUT2D eigenvalue weighted by Crippen LogP contribution is 2.16. The van der Waals surface area contributed by atoms with Crippen molar-refractivity contribution < 1.29 is 8.42 Å². The number of anilines is 1. The quantitative estimate of drug-likeness (QED) is 0.685. The predicted molar refractivity (Wildman–Crippen MR) is 89.1 cm³/mol. The summed E-state index contributed by atoms with van der Waals surface area (Å²) in [5, 5.41) is 0. The van der Waals surface area contributed by atoms with Gasteiger partial charge in [0.2, 0.25) is 0 Å². The first-order chi connectivity index (χ1) is 9.86. The number of hydrogen-bond donors (Lipinski definition) is 1. The molecule has 0 aromatic heterocycles. The Morgan fingerprint density at radius 1 is 0.952 bits per heavy atom. The minimum atomic E-state index is -3.56. The molecule has 5 heteroatoms. The molecule has 0 radical (unpaired) electrons. The lowest BCUT2D eigenvalue weighted by Gasteiger charge is -1.98. The lowest BCUT2D eigenvalue weighted by molar-refractivity contribution is 0.609. The SMILES string of the molecule is CCc1cccc(N)c1.CCc1cccc(S(=O)(=O)Cl)c1. The maximum Gasteiger partial charge on any atom is 0.261 e. The smallest absolute Gasteiger partial charge is 0.261 e. The molecule has 2 aromatic carbocycles. The Morgan fingerprint density at radius 2 is 1.48 bits per heavy atom. The van der Waals surface area contributed by atoms with Crippen LogP contribution in [0.1, 0.15) is 25.0 Å². The van der Waals surface area contributed by atoms with Crippen molar-refractivity contribution in [1.29, 1.82) is 0 Å². The lowest BCUT2D eigenvalue weighted by Crippen LogP contribution is -1.91. The Kier molecular flexibility index (Phi) is 6.72. The molecule has 21 heavy (non-hydrogen) atoms. The molecule has 0 saturated heterocycles. The number of hydrogen-bond acceptors (Lipinski definition) is 3. The highest BCUT2D eigenvalue weighted by atomic mass is 35.7. The molecule has 0 amide bonds. The maximum atomic E-state index is 10.9. The van der Waals surface area contributed by atoms with Gasteiger partial charge in [0.1, 0.15) is 0 Å². The number of nitrogens with two attached hydrogens (primary N) is 1. The fourth-order valence-electron chi connectivity index (χ4n) is 1.73. The molecule has 0 spiro atoms. The molecule has 2 N–H and O–H groups in total. The Morgan fingerprint density at radius 3 is 1.90 bits per heavy atom. The largest absolute Gasteiger partial charge is 0.399 e. The van der Waals surface area contributed by atoms with E-state index >= 15 is 0 Å². The van der Waals surface area contributed by atoms with Crippen LogP contribution in [0.25, 0.3) is 0 Å². The lowest BCUT2D eigenvalue weighted by atomic mass is 10.1. The standard InChI is InChI=1S/C8H9ClO2S.C8H11N/c1-2-7-4-3-5-8(6-7)12(9,10)11;1-2-7-4-3-5-8(9)6-7/h3-6H,2H2,1H3;3-6H,2,9H2,1H3. The van der Waals surface area contributed by atoms with Gasteiger partial charge in [-0.05, 0) is 48.2 Å². The molecule has 0 saturated carbocycles. The summed E-state index contributed by atoms with van der Waals surface area (Å²) >= 11 is 0. The highest BCUT2D eigenvalue weighted by Gasteiger charge is 2.08. The molecule has 0 atom stereocenters. The molecule has 0 heterocycles. The van der Waals surface area contributed by atoms with Crippen molar-refractivity contribution in [2.75, 3.05) is 5.73 Å². The van der Waals surface area contributed by atoms with Gasteiger partial charge in [-0.1, -0.05) is 38.1 Å². The zero-order valence-corrected chi connectivity index (χ0v) is 13.8. The molecule has 0 unspecified atom stereocenters. The van der Waals surface area contributed by atoms with E-state index in [2.05, 4.69) is 13.0 Å². The van der Waals surface area contributed by atoms with Gasteiger partial charge < -0.3 is 5.73 Å². The van der Waals surface area contributed by atoms with Crippen molar-refractivity contribution in [2.45, 2.75) is 31.6 Å². The topological polar surface area (TPSA) is 60.2 Å². The van der Waals surface area contributed by atoms with E-state index < -0.39 is 9.05 Å². The zero-order valence-electron chi connectivity index (χ0n) is 12.2. The summed E-state index contributed by atoms with van der Waals surface area (Å²) in [6, 6.07) is 14.6. The highest BCUT2D eigenvalue weighted by molar-refractivity contribution is 8.13. The summed E-state index contributed by atoms with van der Waals surface area (Å²) in [6.07, 6.45) is 1.87. The average molecular weight is 326 g/mol. The van der Waals surface area contributed by atoms with E-state index in [1.807, 2.05) is 31.2 Å². The second kappa shape index (κ2) is 8.05. The monoisotopic (exact) mass is 325 g/mol. The van der Waals surface area contributed by atoms with E-state index in [9.17, 15) is 8.42 Å². The van der Waals surface area contributed by atoms with Crippen molar-refractivity contribution in [1.82, 2.24) is 0 Å². The van der Waals surface area contributed by atoms with E-state index in [1.165, 1.54) is 11.6 Å². The van der Waals surface area contributed by atoms with Crippen molar-refractivity contribution in [3.8, 4) is 0 Å². The first-order valence-electron chi connectivity index (χ1n) is 6.74. The summed E-state index contributed by atoms with van der Waals surface area (Å²) < 4.78 is 21.7. The van der Waals surface area contributed by atoms with Crippen LogP contribution in [-0.4, -0.2) is 8.42 Å². The third-order valence-electron chi connectivity index (χ3n) is 2.95. The molecule has 0 bridgehead atoms. The minimum absolute atomic E-state index is 0.170. The van der Waals surface area contributed by atoms with Gasteiger partial charge in [-0.2, -0.15) is 0 Å². The Hall–Kier alpha value is -1.52. The molecule has 0 aliphatic heterocycles. The van der Waals surface area contributed by atoms with E-state index in [1.54, 1.807) is 12.1 Å².